The normalized spacial score (nSPS) is 14.5. The molecule has 0 spiro atoms. The molecule has 0 bridgehead atoms. The van der Waals surface area contributed by atoms with Gasteiger partial charge in [-0.25, -0.2) is 0 Å². The summed E-state index contributed by atoms with van der Waals surface area (Å²) in [5.41, 5.74) is 4.94. The van der Waals surface area contributed by atoms with Gasteiger partial charge in [0, 0.05) is 12.4 Å². The van der Waals surface area contributed by atoms with E-state index >= 15 is 0 Å². The molecule has 2 aromatic heterocycles. The van der Waals surface area contributed by atoms with Crippen molar-refractivity contribution < 1.29 is 4.58 Å². The van der Waals surface area contributed by atoms with Gasteiger partial charge in [-0.1, -0.05) is 87.7 Å². The lowest BCUT2D eigenvalue weighted by molar-refractivity contribution is -0.417. The Kier molecular flexibility index (Phi) is 5.69. The van der Waals surface area contributed by atoms with Crippen molar-refractivity contribution in [3.63, 3.8) is 0 Å². The number of hydrogen-bond acceptors (Lipinski definition) is 1. The number of benzene rings is 2. The van der Waals surface area contributed by atoms with Crippen molar-refractivity contribution >= 4 is 44.5 Å². The van der Waals surface area contributed by atoms with Crippen LogP contribution in [0.25, 0.3) is 26.4 Å². The summed E-state index contributed by atoms with van der Waals surface area (Å²) in [6.45, 7) is 15.7. The zero-order valence-corrected chi connectivity index (χ0v) is 21.5. The van der Waals surface area contributed by atoms with Crippen LogP contribution in [0.5, 0.6) is 0 Å². The molecule has 172 valence electrons. The maximum Gasteiger partial charge on any atom is 0.147 e. The van der Waals surface area contributed by atoms with Gasteiger partial charge in [0.1, 0.15) is 16.9 Å². The summed E-state index contributed by atoms with van der Waals surface area (Å²) in [6, 6.07) is 16.8. The second-order valence-corrected chi connectivity index (χ2v) is 11.8. The third-order valence-electron chi connectivity index (χ3n) is 6.42. The molecule has 3 heteroatoms. The zero-order valence-electron chi connectivity index (χ0n) is 20.7. The fourth-order valence-electron chi connectivity index (χ4n) is 4.77. The molecule has 0 unspecified atom stereocenters. The summed E-state index contributed by atoms with van der Waals surface area (Å²) < 4.78 is 3.23. The average Bonchev–Trinajstić information content (AvgIpc) is 3.20. The maximum absolute atomic E-state index is 4.58. The Balaban J connectivity index is 1.63. The van der Waals surface area contributed by atoms with E-state index in [2.05, 4.69) is 107 Å². The van der Waals surface area contributed by atoms with Crippen molar-refractivity contribution in [3.05, 3.63) is 101 Å². The first kappa shape index (κ1) is 22.6. The minimum atomic E-state index is 0.0399. The number of nitrogens with zero attached hydrogens (tertiary/aromatic N) is 2. The molecule has 0 saturated carbocycles. The van der Waals surface area contributed by atoms with E-state index in [4.69, 9.17) is 0 Å². The molecule has 34 heavy (non-hydrogen) atoms. The van der Waals surface area contributed by atoms with Crippen LogP contribution in [0.3, 0.4) is 0 Å². The van der Waals surface area contributed by atoms with Crippen LogP contribution >= 0.6 is 11.3 Å². The Morgan fingerprint density at radius 3 is 2.65 bits per heavy atom. The molecular weight excluding hydrogens is 432 g/mol. The summed E-state index contributed by atoms with van der Waals surface area (Å²) >= 11 is 1.86. The van der Waals surface area contributed by atoms with E-state index in [0.717, 1.165) is 12.5 Å². The van der Waals surface area contributed by atoms with E-state index in [1.165, 1.54) is 48.0 Å². The molecule has 1 aliphatic heterocycles. The molecule has 0 atom stereocenters. The second kappa shape index (κ2) is 8.56. The topological polar surface area (TPSA) is 15.9 Å². The molecule has 4 aromatic rings. The quantitative estimate of drug-likeness (QED) is 0.169. The van der Waals surface area contributed by atoms with E-state index in [-0.39, 0.29) is 5.41 Å². The van der Waals surface area contributed by atoms with Crippen molar-refractivity contribution in [1.29, 1.82) is 0 Å². The standard InChI is InChI=1S/C31H32N2S/c1-20(2)13-24-17-26-27(18-32-19-30(26)34-24)22-11-12-33(6)29(16-22)23-14-21-9-7-8-10-25(21)28(15-23)31(3,4)5/h7-12,14-20H,6,13H2,1-5H3. The smallest absolute Gasteiger partial charge is 0.147 e. The molecule has 0 fully saturated rings. The SMILES string of the molecule is C=[N+]1C=CC(c2cncc3[s+][c-](CC(C)C)cc23)=C[C-]1c1cc(C(C)(C)C)c2ccccc2c1. The van der Waals surface area contributed by atoms with Crippen LogP contribution in [-0.2, 0) is 11.8 Å². The highest BCUT2D eigenvalue weighted by Crippen LogP contribution is 2.38. The molecule has 3 heterocycles. The molecule has 0 aliphatic carbocycles. The van der Waals surface area contributed by atoms with E-state index in [9.17, 15) is 0 Å². The third kappa shape index (κ3) is 4.21. The number of aromatic nitrogens is 1. The number of thiophene rings is 1. The Morgan fingerprint density at radius 1 is 1.09 bits per heavy atom. The zero-order chi connectivity index (χ0) is 24.0. The lowest BCUT2D eigenvalue weighted by Gasteiger charge is -2.27. The summed E-state index contributed by atoms with van der Waals surface area (Å²) in [5, 5.41) is 3.86. The fraction of sp³-hybridized carbons (Fsp3) is 0.258. The lowest BCUT2D eigenvalue weighted by Crippen LogP contribution is -2.17. The Hall–Kier alpha value is -3.17. The first-order valence-electron chi connectivity index (χ1n) is 12.0. The van der Waals surface area contributed by atoms with Crippen LogP contribution in [0, 0.1) is 12.0 Å². The number of hydrogen-bond donors (Lipinski definition) is 0. The van der Waals surface area contributed by atoms with Crippen molar-refractivity contribution in [3.8, 4) is 0 Å². The first-order valence-corrected chi connectivity index (χ1v) is 12.8. The van der Waals surface area contributed by atoms with E-state index < -0.39 is 0 Å². The summed E-state index contributed by atoms with van der Waals surface area (Å²) in [5.74, 6) is 0.642. The van der Waals surface area contributed by atoms with Crippen molar-refractivity contribution in [2.45, 2.75) is 46.5 Å². The van der Waals surface area contributed by atoms with Gasteiger partial charge in [0.15, 0.2) is 0 Å². The predicted molar refractivity (Wildman–Crippen MR) is 148 cm³/mol. The van der Waals surface area contributed by atoms with Gasteiger partial charge in [0.05, 0.1) is 22.9 Å². The molecule has 5 rings (SSSR count). The highest BCUT2D eigenvalue weighted by molar-refractivity contribution is 7.19. The second-order valence-electron chi connectivity index (χ2n) is 10.7. The fourth-order valence-corrected chi connectivity index (χ4v) is 6.04. The molecule has 0 saturated heterocycles. The van der Waals surface area contributed by atoms with Crippen LogP contribution in [-0.4, -0.2) is 16.3 Å². The van der Waals surface area contributed by atoms with Gasteiger partial charge in [0.25, 0.3) is 0 Å². The number of fused-ring (bicyclic) bond motifs is 2. The van der Waals surface area contributed by atoms with Gasteiger partial charge < -0.3 is 0 Å². The van der Waals surface area contributed by atoms with Crippen LogP contribution in [0.2, 0.25) is 0 Å². The summed E-state index contributed by atoms with van der Waals surface area (Å²) in [6.07, 6.45) is 11.6. The highest BCUT2D eigenvalue weighted by atomic mass is 32.1. The third-order valence-corrected chi connectivity index (χ3v) is 7.51. The largest absolute Gasteiger partial charge is 0.274 e. The predicted octanol–water partition coefficient (Wildman–Crippen LogP) is 8.15. The monoisotopic (exact) mass is 464 g/mol. The van der Waals surface area contributed by atoms with E-state index in [0.29, 0.717) is 5.92 Å². The average molecular weight is 465 g/mol. The highest BCUT2D eigenvalue weighted by Gasteiger charge is 2.22. The van der Waals surface area contributed by atoms with E-state index in [1.807, 2.05) is 28.3 Å². The molecule has 0 N–H and O–H groups in total. The lowest BCUT2D eigenvalue weighted by atomic mass is 9.81. The minimum Gasteiger partial charge on any atom is -0.274 e. The van der Waals surface area contributed by atoms with E-state index in [1.54, 1.807) is 0 Å². The maximum atomic E-state index is 4.58. The minimum absolute atomic E-state index is 0.0399. The first-order chi connectivity index (χ1) is 16.2. The van der Waals surface area contributed by atoms with Crippen LogP contribution in [0.4, 0.5) is 0 Å². The van der Waals surface area contributed by atoms with Crippen LogP contribution in [0.15, 0.2) is 73.2 Å². The van der Waals surface area contributed by atoms with Gasteiger partial charge in [0.2, 0.25) is 0 Å². The Labute approximate surface area is 207 Å². The molecule has 2 aromatic carbocycles. The number of pyridine rings is 1. The molecule has 1 aliphatic rings. The number of rotatable bonds is 4. The van der Waals surface area contributed by atoms with Gasteiger partial charge in [-0.05, 0) is 46.2 Å². The van der Waals surface area contributed by atoms with Gasteiger partial charge in [-0.3, -0.25) is 9.56 Å². The molecule has 2 nitrogen and oxygen atoms in total. The van der Waals surface area contributed by atoms with Crippen molar-refractivity contribution in [1.82, 2.24) is 4.98 Å². The Bertz CT molecular complexity index is 1460. The van der Waals surface area contributed by atoms with Crippen LogP contribution in [0.1, 0.15) is 56.2 Å². The van der Waals surface area contributed by atoms with Gasteiger partial charge in [-0.15, -0.1) is 11.5 Å². The summed E-state index contributed by atoms with van der Waals surface area (Å²) in [4.78, 5) is 6.00. The van der Waals surface area contributed by atoms with Gasteiger partial charge >= 0.3 is 0 Å². The number of allylic oxidation sites excluding steroid dienone is 2. The Morgan fingerprint density at radius 2 is 1.88 bits per heavy atom. The van der Waals surface area contributed by atoms with Crippen molar-refractivity contribution in [2.24, 2.45) is 5.92 Å². The van der Waals surface area contributed by atoms with Gasteiger partial charge in [-0.2, -0.15) is 0 Å². The van der Waals surface area contributed by atoms with Crippen molar-refractivity contribution in [2.75, 3.05) is 0 Å². The van der Waals surface area contributed by atoms with Crippen LogP contribution < -0.4 is 0 Å². The molecular formula is C31H32N2S. The molecule has 0 radical (unpaired) electrons. The molecule has 0 amide bonds. The summed E-state index contributed by atoms with van der Waals surface area (Å²) in [7, 11) is 0.